The maximum absolute atomic E-state index is 5.27. The van der Waals surface area contributed by atoms with Gasteiger partial charge in [0.15, 0.2) is 5.82 Å². The molecule has 0 saturated carbocycles. The first-order valence-corrected chi connectivity index (χ1v) is 13.1. The van der Waals surface area contributed by atoms with E-state index in [0.29, 0.717) is 5.82 Å². The van der Waals surface area contributed by atoms with Crippen LogP contribution in [0.5, 0.6) is 0 Å². The summed E-state index contributed by atoms with van der Waals surface area (Å²) in [6.45, 7) is 0. The monoisotopic (exact) mass is 498 g/mol. The van der Waals surface area contributed by atoms with E-state index in [4.69, 9.17) is 15.0 Å². The number of hydrogen-bond acceptors (Lipinski definition) is 3. The Morgan fingerprint density at radius 2 is 1.10 bits per heavy atom. The molecule has 4 heteroatoms. The lowest BCUT2D eigenvalue weighted by atomic mass is 9.99. The van der Waals surface area contributed by atoms with Crippen LogP contribution in [0.3, 0.4) is 0 Å². The highest BCUT2D eigenvalue weighted by Gasteiger charge is 2.21. The fourth-order valence-corrected chi connectivity index (χ4v) is 5.55. The van der Waals surface area contributed by atoms with E-state index in [1.807, 2.05) is 36.4 Å². The van der Waals surface area contributed by atoms with Gasteiger partial charge in [0.25, 0.3) is 0 Å². The Morgan fingerprint density at radius 1 is 0.462 bits per heavy atom. The van der Waals surface area contributed by atoms with Gasteiger partial charge in [0, 0.05) is 21.9 Å². The van der Waals surface area contributed by atoms with E-state index in [2.05, 4.69) is 101 Å². The third-order valence-corrected chi connectivity index (χ3v) is 7.37. The number of benzene rings is 5. The molecule has 39 heavy (non-hydrogen) atoms. The van der Waals surface area contributed by atoms with E-state index in [9.17, 15) is 0 Å². The molecule has 0 aliphatic heterocycles. The SMILES string of the molecule is c1ccc(-c2ccc3c(c2)c2nc(-c4ccccc4)nc(-c4ccccc4)c2n2c4ccccc4nc32)cc1. The number of nitrogens with zero attached hydrogens (tertiary/aromatic N) is 4. The Balaban J connectivity index is 1.62. The van der Waals surface area contributed by atoms with Gasteiger partial charge in [-0.15, -0.1) is 0 Å². The third-order valence-electron chi connectivity index (χ3n) is 7.37. The molecule has 8 aromatic rings. The number of rotatable bonds is 3. The molecule has 3 aromatic heterocycles. The Hall–Kier alpha value is -5.35. The minimum absolute atomic E-state index is 0.706. The molecule has 0 bridgehead atoms. The van der Waals surface area contributed by atoms with Gasteiger partial charge in [0.05, 0.1) is 22.2 Å². The Kier molecular flexibility index (Phi) is 4.79. The van der Waals surface area contributed by atoms with E-state index in [1.165, 1.54) is 5.56 Å². The first kappa shape index (κ1) is 21.7. The van der Waals surface area contributed by atoms with Gasteiger partial charge in [-0.1, -0.05) is 109 Å². The van der Waals surface area contributed by atoms with Crippen LogP contribution in [0.25, 0.3) is 72.3 Å². The Labute approximate surface area is 224 Å². The van der Waals surface area contributed by atoms with Crippen molar-refractivity contribution in [1.29, 1.82) is 0 Å². The number of imidazole rings is 1. The second-order valence-electron chi connectivity index (χ2n) is 9.71. The van der Waals surface area contributed by atoms with E-state index in [-0.39, 0.29) is 0 Å². The molecule has 182 valence electrons. The van der Waals surface area contributed by atoms with Crippen LogP contribution in [-0.2, 0) is 0 Å². The largest absolute Gasteiger partial charge is 0.288 e. The van der Waals surface area contributed by atoms with E-state index >= 15 is 0 Å². The molecule has 5 aromatic carbocycles. The second-order valence-corrected chi connectivity index (χ2v) is 9.71. The van der Waals surface area contributed by atoms with Gasteiger partial charge in [-0.3, -0.25) is 4.40 Å². The van der Waals surface area contributed by atoms with Crippen LogP contribution in [-0.4, -0.2) is 19.4 Å². The fourth-order valence-electron chi connectivity index (χ4n) is 5.55. The zero-order chi connectivity index (χ0) is 25.8. The molecular weight excluding hydrogens is 476 g/mol. The first-order chi connectivity index (χ1) is 19.3. The highest BCUT2D eigenvalue weighted by atomic mass is 15.0. The van der Waals surface area contributed by atoms with Crippen LogP contribution >= 0.6 is 0 Å². The molecule has 0 fully saturated rings. The van der Waals surface area contributed by atoms with Crippen LogP contribution in [0.2, 0.25) is 0 Å². The average molecular weight is 499 g/mol. The standard InChI is InChI=1S/C35H22N4/c1-4-12-23(13-5-1)26-20-21-27-28(22-26)32-33(39-30-19-11-10-18-29(30)36-35(27)39)31(24-14-6-2-7-15-24)37-34(38-32)25-16-8-3-9-17-25/h1-22H. The van der Waals surface area contributed by atoms with E-state index in [0.717, 1.165) is 60.9 Å². The summed E-state index contributed by atoms with van der Waals surface area (Å²) >= 11 is 0. The van der Waals surface area contributed by atoms with Gasteiger partial charge in [0.2, 0.25) is 0 Å². The molecule has 0 N–H and O–H groups in total. The van der Waals surface area contributed by atoms with Crippen molar-refractivity contribution < 1.29 is 0 Å². The second kappa shape index (κ2) is 8.61. The van der Waals surface area contributed by atoms with E-state index in [1.54, 1.807) is 0 Å². The normalized spacial score (nSPS) is 11.6. The summed E-state index contributed by atoms with van der Waals surface area (Å²) in [6.07, 6.45) is 0. The molecule has 0 atom stereocenters. The van der Waals surface area contributed by atoms with Crippen molar-refractivity contribution in [2.75, 3.05) is 0 Å². The third kappa shape index (κ3) is 3.42. The number of para-hydroxylation sites is 2. The van der Waals surface area contributed by atoms with Gasteiger partial charge in [-0.05, 0) is 35.4 Å². The van der Waals surface area contributed by atoms with Gasteiger partial charge in [-0.2, -0.15) is 0 Å². The molecule has 0 aliphatic rings. The Bertz CT molecular complexity index is 2150. The van der Waals surface area contributed by atoms with E-state index < -0.39 is 0 Å². The number of fused-ring (bicyclic) bond motifs is 8. The zero-order valence-electron chi connectivity index (χ0n) is 21.0. The molecule has 0 saturated heterocycles. The summed E-state index contributed by atoms with van der Waals surface area (Å²) in [7, 11) is 0. The summed E-state index contributed by atoms with van der Waals surface area (Å²) in [5, 5.41) is 2.13. The summed E-state index contributed by atoms with van der Waals surface area (Å²) in [5.74, 6) is 0.706. The average Bonchev–Trinajstić information content (AvgIpc) is 3.41. The lowest BCUT2D eigenvalue weighted by Gasteiger charge is -2.15. The summed E-state index contributed by atoms with van der Waals surface area (Å²) < 4.78 is 2.24. The van der Waals surface area contributed by atoms with Crippen molar-refractivity contribution in [1.82, 2.24) is 19.4 Å². The van der Waals surface area contributed by atoms with Crippen molar-refractivity contribution in [3.63, 3.8) is 0 Å². The van der Waals surface area contributed by atoms with Crippen LogP contribution in [0.15, 0.2) is 133 Å². The quantitative estimate of drug-likeness (QED) is 0.229. The van der Waals surface area contributed by atoms with Crippen molar-refractivity contribution in [3.8, 4) is 33.8 Å². The molecular formula is C35H22N4. The van der Waals surface area contributed by atoms with Crippen molar-refractivity contribution >= 4 is 38.5 Å². The first-order valence-electron chi connectivity index (χ1n) is 13.1. The number of pyridine rings is 1. The summed E-state index contributed by atoms with van der Waals surface area (Å²) in [4.78, 5) is 15.6. The maximum Gasteiger partial charge on any atom is 0.160 e. The molecule has 0 unspecified atom stereocenters. The molecule has 4 nitrogen and oxygen atoms in total. The predicted molar refractivity (Wildman–Crippen MR) is 160 cm³/mol. The lowest BCUT2D eigenvalue weighted by Crippen LogP contribution is -2.01. The minimum atomic E-state index is 0.706. The summed E-state index contributed by atoms with van der Waals surface area (Å²) in [6, 6.07) is 46.0. The molecule has 0 aliphatic carbocycles. The maximum atomic E-state index is 5.27. The van der Waals surface area contributed by atoms with Gasteiger partial charge < -0.3 is 0 Å². The van der Waals surface area contributed by atoms with Crippen LogP contribution in [0.1, 0.15) is 0 Å². The van der Waals surface area contributed by atoms with Crippen molar-refractivity contribution in [2.45, 2.75) is 0 Å². The van der Waals surface area contributed by atoms with Crippen LogP contribution < -0.4 is 0 Å². The lowest BCUT2D eigenvalue weighted by molar-refractivity contribution is 1.19. The predicted octanol–water partition coefficient (Wildman–Crippen LogP) is 8.58. The fraction of sp³-hybridized carbons (Fsp3) is 0. The minimum Gasteiger partial charge on any atom is -0.288 e. The summed E-state index contributed by atoms with van der Waals surface area (Å²) in [5.41, 5.74) is 10.00. The molecule has 8 rings (SSSR count). The number of hydrogen-bond donors (Lipinski definition) is 0. The molecule has 0 spiro atoms. The topological polar surface area (TPSA) is 43.1 Å². The van der Waals surface area contributed by atoms with Gasteiger partial charge >= 0.3 is 0 Å². The Morgan fingerprint density at radius 3 is 1.85 bits per heavy atom. The van der Waals surface area contributed by atoms with Gasteiger partial charge in [-0.25, -0.2) is 15.0 Å². The van der Waals surface area contributed by atoms with Crippen molar-refractivity contribution in [3.05, 3.63) is 133 Å². The van der Waals surface area contributed by atoms with Crippen molar-refractivity contribution in [2.24, 2.45) is 0 Å². The van der Waals surface area contributed by atoms with Crippen LogP contribution in [0.4, 0.5) is 0 Å². The molecule has 0 amide bonds. The molecule has 0 radical (unpaired) electrons. The smallest absolute Gasteiger partial charge is 0.160 e. The highest BCUT2D eigenvalue weighted by molar-refractivity contribution is 6.16. The van der Waals surface area contributed by atoms with Crippen LogP contribution in [0, 0.1) is 0 Å². The zero-order valence-corrected chi connectivity index (χ0v) is 21.0. The molecule has 3 heterocycles. The van der Waals surface area contributed by atoms with Gasteiger partial charge in [0.1, 0.15) is 11.2 Å². The highest BCUT2D eigenvalue weighted by Crippen LogP contribution is 2.38. The number of aromatic nitrogens is 4.